The number of carbonyl (C=O) groups is 1. The molecule has 2 atom stereocenters. The maximum absolute atomic E-state index is 13.0. The molecule has 148 valence electrons. The quantitative estimate of drug-likeness (QED) is 0.856. The topological polar surface area (TPSA) is 75.7 Å². The van der Waals surface area contributed by atoms with E-state index in [1.54, 1.807) is 31.2 Å². The van der Waals surface area contributed by atoms with Crippen molar-refractivity contribution < 1.29 is 17.9 Å². The van der Waals surface area contributed by atoms with E-state index >= 15 is 0 Å². The zero-order chi connectivity index (χ0) is 19.7. The number of benzene rings is 2. The van der Waals surface area contributed by atoms with Crippen LogP contribution >= 0.6 is 0 Å². The lowest BCUT2D eigenvalue weighted by Gasteiger charge is -2.35. The van der Waals surface area contributed by atoms with E-state index in [1.165, 1.54) is 9.87 Å². The molecule has 4 rings (SSSR count). The van der Waals surface area contributed by atoms with E-state index in [0.717, 1.165) is 24.8 Å². The summed E-state index contributed by atoms with van der Waals surface area (Å²) >= 11 is 0. The maximum atomic E-state index is 13.0. The van der Waals surface area contributed by atoms with Crippen LogP contribution in [-0.4, -0.2) is 32.7 Å². The van der Waals surface area contributed by atoms with E-state index in [4.69, 9.17) is 4.74 Å². The Hall–Kier alpha value is -2.54. The van der Waals surface area contributed by atoms with E-state index in [0.29, 0.717) is 11.4 Å². The Labute approximate surface area is 165 Å². The third-order valence-electron chi connectivity index (χ3n) is 5.41. The van der Waals surface area contributed by atoms with Gasteiger partial charge in [0.15, 0.2) is 6.10 Å². The minimum Gasteiger partial charge on any atom is -0.476 e. The van der Waals surface area contributed by atoms with Crippen LogP contribution in [-0.2, 0) is 21.2 Å². The normalized spacial score (nSPS) is 21.2. The molecule has 1 amide bonds. The van der Waals surface area contributed by atoms with Crippen LogP contribution < -0.4 is 14.4 Å². The van der Waals surface area contributed by atoms with Gasteiger partial charge in [-0.25, -0.2) is 8.42 Å². The molecule has 2 aromatic rings. The Balaban J connectivity index is 1.58. The number of nitrogens with zero attached hydrogens (tertiary/aromatic N) is 1. The summed E-state index contributed by atoms with van der Waals surface area (Å²) in [6.07, 6.45) is 2.00. The third-order valence-corrected chi connectivity index (χ3v) is 7.16. The van der Waals surface area contributed by atoms with Crippen LogP contribution in [0.2, 0.25) is 0 Å². The van der Waals surface area contributed by atoms with Gasteiger partial charge in [-0.2, -0.15) is 0 Å². The fourth-order valence-corrected chi connectivity index (χ4v) is 5.05. The first-order valence-corrected chi connectivity index (χ1v) is 11.2. The van der Waals surface area contributed by atoms with Crippen molar-refractivity contribution in [2.45, 2.75) is 38.3 Å². The van der Waals surface area contributed by atoms with Gasteiger partial charge in [-0.15, -0.1) is 0 Å². The number of hydrogen-bond acceptors (Lipinski definition) is 4. The van der Waals surface area contributed by atoms with Crippen LogP contribution in [0.1, 0.15) is 36.9 Å². The van der Waals surface area contributed by atoms with Crippen LogP contribution in [0.3, 0.4) is 0 Å². The molecule has 2 aromatic carbocycles. The standard InChI is InChI=1S/C21H24N2O4S/c1-2-28(25,26)23-14-20(27-19-13-6-5-12-18(19)23)21(24)22-17-11-7-9-15-8-3-4-10-16(15)17/h3-6,8,10,12-13,17,20H,2,7,9,11,14H2,1H3,(H,22,24). The first-order valence-electron chi connectivity index (χ1n) is 9.64. The van der Waals surface area contributed by atoms with Gasteiger partial charge in [0, 0.05) is 0 Å². The summed E-state index contributed by atoms with van der Waals surface area (Å²) in [5.74, 6) is 0.0913. The largest absolute Gasteiger partial charge is 0.476 e. The van der Waals surface area contributed by atoms with Crippen molar-refractivity contribution in [3.63, 3.8) is 0 Å². The number of para-hydroxylation sites is 2. The van der Waals surface area contributed by atoms with Crippen molar-refractivity contribution >= 4 is 21.6 Å². The lowest BCUT2D eigenvalue weighted by Crippen LogP contribution is -2.51. The van der Waals surface area contributed by atoms with Crippen LogP contribution in [0.15, 0.2) is 48.5 Å². The highest BCUT2D eigenvalue weighted by Crippen LogP contribution is 2.35. The molecule has 0 saturated heterocycles. The van der Waals surface area contributed by atoms with Gasteiger partial charge in [0.25, 0.3) is 5.91 Å². The van der Waals surface area contributed by atoms with E-state index in [1.807, 2.05) is 18.2 Å². The summed E-state index contributed by atoms with van der Waals surface area (Å²) in [7, 11) is -3.51. The molecule has 0 saturated carbocycles. The minimum absolute atomic E-state index is 0.0204. The number of fused-ring (bicyclic) bond motifs is 2. The van der Waals surface area contributed by atoms with Crippen LogP contribution in [0.4, 0.5) is 5.69 Å². The summed E-state index contributed by atoms with van der Waals surface area (Å²) in [6.45, 7) is 1.58. The van der Waals surface area contributed by atoms with Crippen LogP contribution in [0.5, 0.6) is 5.75 Å². The highest BCUT2D eigenvalue weighted by Gasteiger charge is 2.37. The molecule has 1 heterocycles. The Morgan fingerprint density at radius 1 is 1.18 bits per heavy atom. The van der Waals surface area contributed by atoms with Gasteiger partial charge in [-0.3, -0.25) is 9.10 Å². The zero-order valence-electron chi connectivity index (χ0n) is 15.8. The predicted octanol–water partition coefficient (Wildman–Crippen LogP) is 2.80. The van der Waals surface area contributed by atoms with Gasteiger partial charge in [0.2, 0.25) is 10.0 Å². The molecule has 2 aliphatic rings. The average molecular weight is 401 g/mol. The Bertz CT molecular complexity index is 989. The number of carbonyl (C=O) groups excluding carboxylic acids is 1. The Morgan fingerprint density at radius 3 is 2.75 bits per heavy atom. The third kappa shape index (κ3) is 3.46. The van der Waals surface area contributed by atoms with Gasteiger partial charge in [-0.05, 0) is 49.4 Å². The number of anilines is 1. The molecule has 1 aliphatic carbocycles. The van der Waals surface area contributed by atoms with E-state index < -0.39 is 16.1 Å². The number of hydrogen-bond donors (Lipinski definition) is 1. The van der Waals surface area contributed by atoms with Crippen LogP contribution in [0.25, 0.3) is 0 Å². The number of ether oxygens (including phenoxy) is 1. The van der Waals surface area contributed by atoms with Crippen molar-refractivity contribution in [2.24, 2.45) is 0 Å². The molecule has 28 heavy (non-hydrogen) atoms. The summed E-state index contributed by atoms with van der Waals surface area (Å²) < 4.78 is 32.3. The molecule has 0 fully saturated rings. The smallest absolute Gasteiger partial charge is 0.263 e. The highest BCUT2D eigenvalue weighted by atomic mass is 32.2. The Morgan fingerprint density at radius 2 is 1.93 bits per heavy atom. The SMILES string of the molecule is CCS(=O)(=O)N1CC(C(=O)NC2CCCc3ccccc32)Oc2ccccc21. The summed E-state index contributed by atoms with van der Waals surface area (Å²) in [5, 5.41) is 3.08. The number of sulfonamides is 1. The molecule has 1 N–H and O–H groups in total. The number of aryl methyl sites for hydroxylation is 1. The Kier molecular flexibility index (Phi) is 5.02. The average Bonchev–Trinajstić information content (AvgIpc) is 2.73. The molecule has 0 spiro atoms. The fourth-order valence-electron chi connectivity index (χ4n) is 3.93. The molecule has 1 aliphatic heterocycles. The molecular formula is C21H24N2O4S. The zero-order valence-corrected chi connectivity index (χ0v) is 16.6. The summed E-state index contributed by atoms with van der Waals surface area (Å²) in [6, 6.07) is 15.0. The molecule has 0 bridgehead atoms. The first kappa shape index (κ1) is 18.8. The van der Waals surface area contributed by atoms with Gasteiger partial charge in [-0.1, -0.05) is 36.4 Å². The van der Waals surface area contributed by atoms with Gasteiger partial charge in [0.05, 0.1) is 24.0 Å². The second-order valence-electron chi connectivity index (χ2n) is 7.16. The first-order chi connectivity index (χ1) is 13.5. The second kappa shape index (κ2) is 7.47. The molecule has 7 heteroatoms. The summed E-state index contributed by atoms with van der Waals surface area (Å²) in [4.78, 5) is 13.0. The monoisotopic (exact) mass is 400 g/mol. The summed E-state index contributed by atoms with van der Waals surface area (Å²) in [5.41, 5.74) is 2.87. The molecule has 0 radical (unpaired) electrons. The fraction of sp³-hybridized carbons (Fsp3) is 0.381. The lowest BCUT2D eigenvalue weighted by molar-refractivity contribution is -0.128. The van der Waals surface area contributed by atoms with Gasteiger partial charge in [0.1, 0.15) is 5.75 Å². The van der Waals surface area contributed by atoms with Crippen molar-refractivity contribution in [1.29, 1.82) is 0 Å². The van der Waals surface area contributed by atoms with E-state index in [-0.39, 0.29) is 24.2 Å². The van der Waals surface area contributed by atoms with E-state index in [2.05, 4.69) is 11.4 Å². The molecule has 6 nitrogen and oxygen atoms in total. The molecule has 0 aromatic heterocycles. The van der Waals surface area contributed by atoms with Crippen molar-refractivity contribution in [3.8, 4) is 5.75 Å². The van der Waals surface area contributed by atoms with Crippen molar-refractivity contribution in [3.05, 3.63) is 59.7 Å². The molecular weight excluding hydrogens is 376 g/mol. The van der Waals surface area contributed by atoms with Crippen molar-refractivity contribution in [1.82, 2.24) is 5.32 Å². The number of rotatable bonds is 4. The van der Waals surface area contributed by atoms with Crippen molar-refractivity contribution in [2.75, 3.05) is 16.6 Å². The van der Waals surface area contributed by atoms with E-state index in [9.17, 15) is 13.2 Å². The lowest BCUT2D eigenvalue weighted by atomic mass is 9.87. The van der Waals surface area contributed by atoms with Crippen LogP contribution in [0, 0.1) is 0 Å². The second-order valence-corrected chi connectivity index (χ2v) is 9.34. The number of nitrogens with one attached hydrogen (secondary N) is 1. The minimum atomic E-state index is -3.51. The number of amides is 1. The van der Waals surface area contributed by atoms with Gasteiger partial charge < -0.3 is 10.1 Å². The molecule has 2 unspecified atom stereocenters. The predicted molar refractivity (Wildman–Crippen MR) is 108 cm³/mol. The van der Waals surface area contributed by atoms with Gasteiger partial charge >= 0.3 is 0 Å². The maximum Gasteiger partial charge on any atom is 0.263 e. The highest BCUT2D eigenvalue weighted by molar-refractivity contribution is 7.92.